The number of nitrogens with one attached hydrogen (secondary N) is 1. The molecule has 0 unspecified atom stereocenters. The van der Waals surface area contributed by atoms with E-state index in [-0.39, 0.29) is 0 Å². The lowest BCUT2D eigenvalue weighted by atomic mass is 10.1. The third-order valence-electron chi connectivity index (χ3n) is 1.89. The van der Waals surface area contributed by atoms with E-state index < -0.39 is 0 Å². The van der Waals surface area contributed by atoms with Crippen LogP contribution >= 0.6 is 11.9 Å². The fraction of sp³-hybridized carbons (Fsp3) is 0.333. The maximum atomic E-state index is 3.28. The summed E-state index contributed by atoms with van der Waals surface area (Å²) in [6.07, 6.45) is 1.17. The maximum absolute atomic E-state index is 3.28. The van der Waals surface area contributed by atoms with Crippen molar-refractivity contribution >= 4 is 11.9 Å². The smallest absolute Gasteiger partial charge is 0.0260 e. The van der Waals surface area contributed by atoms with Gasteiger partial charge in [0.05, 0.1) is 0 Å². The summed E-state index contributed by atoms with van der Waals surface area (Å²) in [4.78, 5) is 1.39. The summed E-state index contributed by atoms with van der Waals surface area (Å²) in [6.45, 7) is 3.24. The van der Waals surface area contributed by atoms with Gasteiger partial charge in [0.1, 0.15) is 0 Å². The van der Waals surface area contributed by atoms with Crippen molar-refractivity contribution in [2.75, 3.05) is 6.54 Å². The Bertz CT molecular complexity index is 270. The zero-order valence-electron chi connectivity index (χ0n) is 6.55. The van der Waals surface area contributed by atoms with Crippen LogP contribution in [0.15, 0.2) is 23.1 Å². The molecule has 0 amide bonds. The standard InChI is InChI=1S/C9H11NS/c1-7-2-3-9-8(6-7)4-5-10-11-9/h2-3,6,10H,4-5H2,1H3. The van der Waals surface area contributed by atoms with E-state index in [0.717, 1.165) is 6.54 Å². The van der Waals surface area contributed by atoms with Crippen molar-refractivity contribution in [1.82, 2.24) is 4.72 Å². The van der Waals surface area contributed by atoms with E-state index in [1.165, 1.54) is 22.4 Å². The first-order chi connectivity index (χ1) is 5.36. The minimum Gasteiger partial charge on any atom is -0.260 e. The molecule has 1 aliphatic rings. The Hall–Kier alpha value is -0.470. The number of hydrogen-bond acceptors (Lipinski definition) is 2. The van der Waals surface area contributed by atoms with Gasteiger partial charge in [-0.2, -0.15) is 0 Å². The molecule has 0 aromatic heterocycles. The highest BCUT2D eigenvalue weighted by Crippen LogP contribution is 2.24. The second-order valence-electron chi connectivity index (χ2n) is 2.86. The third kappa shape index (κ3) is 1.42. The van der Waals surface area contributed by atoms with Crippen LogP contribution < -0.4 is 4.72 Å². The van der Waals surface area contributed by atoms with Gasteiger partial charge in [0.25, 0.3) is 0 Å². The Balaban J connectivity index is 2.43. The third-order valence-corrected chi connectivity index (χ3v) is 2.86. The molecule has 0 bridgehead atoms. The van der Waals surface area contributed by atoms with Crippen molar-refractivity contribution in [1.29, 1.82) is 0 Å². The van der Waals surface area contributed by atoms with Crippen molar-refractivity contribution in [2.24, 2.45) is 0 Å². The predicted octanol–water partition coefficient (Wildman–Crippen LogP) is 2.15. The van der Waals surface area contributed by atoms with Gasteiger partial charge in [-0.25, -0.2) is 0 Å². The van der Waals surface area contributed by atoms with Crippen LogP contribution in [0.5, 0.6) is 0 Å². The molecule has 0 saturated heterocycles. The van der Waals surface area contributed by atoms with Crippen molar-refractivity contribution in [3.63, 3.8) is 0 Å². The molecule has 2 rings (SSSR count). The first-order valence-corrected chi connectivity index (χ1v) is 4.67. The van der Waals surface area contributed by atoms with Gasteiger partial charge in [-0.1, -0.05) is 17.7 Å². The van der Waals surface area contributed by atoms with Crippen molar-refractivity contribution in [2.45, 2.75) is 18.2 Å². The molecule has 0 atom stereocenters. The summed E-state index contributed by atoms with van der Waals surface area (Å²) in [6, 6.07) is 6.64. The summed E-state index contributed by atoms with van der Waals surface area (Å²) in [5.41, 5.74) is 2.86. The first-order valence-electron chi connectivity index (χ1n) is 3.85. The van der Waals surface area contributed by atoms with E-state index in [9.17, 15) is 0 Å². The molecule has 2 heteroatoms. The summed E-state index contributed by atoms with van der Waals surface area (Å²) in [5.74, 6) is 0. The SMILES string of the molecule is Cc1ccc2c(c1)CCNS2. The van der Waals surface area contributed by atoms with Crippen LogP contribution in [0.2, 0.25) is 0 Å². The van der Waals surface area contributed by atoms with E-state index in [2.05, 4.69) is 29.8 Å². The molecule has 0 aliphatic carbocycles. The van der Waals surface area contributed by atoms with Crippen LogP contribution in [0.25, 0.3) is 0 Å². The number of aryl methyl sites for hydroxylation is 1. The fourth-order valence-corrected chi connectivity index (χ4v) is 2.11. The highest BCUT2D eigenvalue weighted by molar-refractivity contribution is 7.97. The Labute approximate surface area is 71.3 Å². The van der Waals surface area contributed by atoms with Crippen LogP contribution in [0.3, 0.4) is 0 Å². The Kier molecular flexibility index (Phi) is 1.88. The highest BCUT2D eigenvalue weighted by atomic mass is 32.2. The lowest BCUT2D eigenvalue weighted by Crippen LogP contribution is -2.14. The average Bonchev–Trinajstić information content (AvgIpc) is 2.04. The zero-order chi connectivity index (χ0) is 7.68. The number of rotatable bonds is 0. The molecule has 0 radical (unpaired) electrons. The van der Waals surface area contributed by atoms with E-state index in [1.807, 2.05) is 0 Å². The molecule has 0 fully saturated rings. The number of hydrogen-bond donors (Lipinski definition) is 1. The molecule has 0 saturated carbocycles. The van der Waals surface area contributed by atoms with Gasteiger partial charge in [-0.15, -0.1) is 0 Å². The molecule has 1 N–H and O–H groups in total. The van der Waals surface area contributed by atoms with Crippen LogP contribution in [-0.4, -0.2) is 6.54 Å². The minimum atomic E-state index is 1.10. The Morgan fingerprint density at radius 3 is 3.27 bits per heavy atom. The van der Waals surface area contributed by atoms with Crippen molar-refractivity contribution in [3.8, 4) is 0 Å². The maximum Gasteiger partial charge on any atom is 0.0260 e. The number of fused-ring (bicyclic) bond motifs is 1. The molecule has 1 heterocycles. The topological polar surface area (TPSA) is 12.0 Å². The van der Waals surface area contributed by atoms with Gasteiger partial charge in [0.15, 0.2) is 0 Å². The molecule has 1 aromatic rings. The second-order valence-corrected chi connectivity index (χ2v) is 3.79. The molecular formula is C9H11NS. The second kappa shape index (κ2) is 2.88. The molecule has 58 valence electrons. The fourth-order valence-electron chi connectivity index (χ4n) is 1.32. The van der Waals surface area contributed by atoms with E-state index in [4.69, 9.17) is 0 Å². The first kappa shape index (κ1) is 7.19. The Morgan fingerprint density at radius 2 is 2.36 bits per heavy atom. The van der Waals surface area contributed by atoms with Gasteiger partial charge < -0.3 is 0 Å². The lowest BCUT2D eigenvalue weighted by molar-refractivity contribution is 0.863. The molecule has 0 spiro atoms. The van der Waals surface area contributed by atoms with Gasteiger partial charge in [0.2, 0.25) is 0 Å². The normalized spacial score (nSPS) is 16.1. The molecule has 11 heavy (non-hydrogen) atoms. The van der Waals surface area contributed by atoms with Crippen LogP contribution in [0.1, 0.15) is 11.1 Å². The van der Waals surface area contributed by atoms with E-state index in [1.54, 1.807) is 11.9 Å². The molecule has 1 aromatic carbocycles. The molecular weight excluding hydrogens is 154 g/mol. The average molecular weight is 165 g/mol. The summed E-state index contributed by atoms with van der Waals surface area (Å²) in [5, 5.41) is 0. The lowest BCUT2D eigenvalue weighted by Gasteiger charge is -2.15. The van der Waals surface area contributed by atoms with Crippen molar-refractivity contribution < 1.29 is 0 Å². The highest BCUT2D eigenvalue weighted by Gasteiger charge is 2.07. The van der Waals surface area contributed by atoms with Crippen LogP contribution in [0, 0.1) is 6.92 Å². The van der Waals surface area contributed by atoms with Crippen LogP contribution in [-0.2, 0) is 6.42 Å². The van der Waals surface area contributed by atoms with Gasteiger partial charge >= 0.3 is 0 Å². The summed E-state index contributed by atoms with van der Waals surface area (Å²) < 4.78 is 3.28. The van der Waals surface area contributed by atoms with Gasteiger partial charge in [-0.05, 0) is 36.9 Å². The zero-order valence-corrected chi connectivity index (χ0v) is 7.37. The van der Waals surface area contributed by atoms with Crippen LogP contribution in [0.4, 0.5) is 0 Å². The van der Waals surface area contributed by atoms with E-state index in [0.29, 0.717) is 0 Å². The predicted molar refractivity (Wildman–Crippen MR) is 48.7 cm³/mol. The number of benzene rings is 1. The largest absolute Gasteiger partial charge is 0.260 e. The van der Waals surface area contributed by atoms with E-state index >= 15 is 0 Å². The van der Waals surface area contributed by atoms with Gasteiger partial charge in [0, 0.05) is 11.4 Å². The van der Waals surface area contributed by atoms with Crippen molar-refractivity contribution in [3.05, 3.63) is 29.3 Å². The summed E-state index contributed by atoms with van der Waals surface area (Å²) in [7, 11) is 0. The minimum absolute atomic E-state index is 1.10. The Morgan fingerprint density at radius 1 is 1.45 bits per heavy atom. The molecule has 1 nitrogen and oxygen atoms in total. The van der Waals surface area contributed by atoms with Gasteiger partial charge in [-0.3, -0.25) is 4.72 Å². The molecule has 1 aliphatic heterocycles. The summed E-state index contributed by atoms with van der Waals surface area (Å²) >= 11 is 1.75. The quantitative estimate of drug-likeness (QED) is 0.591. The monoisotopic (exact) mass is 165 g/mol.